The highest BCUT2D eigenvalue weighted by atomic mass is 32.2. The largest absolute Gasteiger partial charge is 0.462 e. The number of piperazine rings is 1. The third kappa shape index (κ3) is 14.2. The number of hydrogen-bond donors (Lipinski definition) is 2. The highest BCUT2D eigenvalue weighted by Crippen LogP contribution is 2.14. The molecule has 1 atom stereocenters. The molecule has 0 aromatic heterocycles. The summed E-state index contributed by atoms with van der Waals surface area (Å²) in [6.45, 7) is 10.8. The molecule has 8 nitrogen and oxygen atoms in total. The first-order chi connectivity index (χ1) is 15.0. The molecule has 0 amide bonds. The summed E-state index contributed by atoms with van der Waals surface area (Å²) in [6, 6.07) is 0. The van der Waals surface area contributed by atoms with E-state index in [1.807, 2.05) is 7.05 Å². The molecule has 0 spiro atoms. The first-order valence-corrected chi connectivity index (χ1v) is 13.6. The van der Waals surface area contributed by atoms with E-state index in [-0.39, 0.29) is 5.97 Å². The summed E-state index contributed by atoms with van der Waals surface area (Å²) < 4.78 is 36.5. The van der Waals surface area contributed by atoms with Crippen molar-refractivity contribution in [1.29, 1.82) is 0 Å². The molecular formula is C23H45N2O6S+. The van der Waals surface area contributed by atoms with Gasteiger partial charge in [0, 0.05) is 18.7 Å². The molecular weight excluding hydrogens is 432 g/mol. The third-order valence-corrected chi connectivity index (χ3v) is 6.97. The Labute approximate surface area is 195 Å². The van der Waals surface area contributed by atoms with Crippen molar-refractivity contribution in [2.75, 3.05) is 58.7 Å². The molecule has 1 fully saturated rings. The van der Waals surface area contributed by atoms with Gasteiger partial charge >= 0.3 is 5.97 Å². The number of aliphatic hydroxyl groups excluding tert-OH is 1. The molecule has 1 unspecified atom stereocenters. The van der Waals surface area contributed by atoms with Gasteiger partial charge in [0.25, 0.3) is 10.1 Å². The van der Waals surface area contributed by atoms with E-state index in [4.69, 9.17) is 9.29 Å². The first kappa shape index (κ1) is 29.0. The number of ether oxygens (including phenoxy) is 1. The second-order valence-corrected chi connectivity index (χ2v) is 11.1. The third-order valence-electron chi connectivity index (χ3n) is 6.17. The van der Waals surface area contributed by atoms with Gasteiger partial charge in [-0.15, -0.1) is 0 Å². The standard InChI is InChI=1S/C23H44N2O6S/c1-21(2)23(27)31-18-12-10-8-6-4-5-7-9-11-13-24-14-16-25(3,17-15-24)19-22(26)20-32(28,29)30/h22,26H,1,4-20H2,2-3H3/p+1. The van der Waals surface area contributed by atoms with Crippen molar-refractivity contribution in [3.05, 3.63) is 12.2 Å². The number of likely N-dealkylation sites (N-methyl/N-ethyl adjacent to an activating group) is 1. The predicted molar refractivity (Wildman–Crippen MR) is 127 cm³/mol. The number of carbonyl (C=O) groups is 1. The smallest absolute Gasteiger partial charge is 0.333 e. The number of quaternary nitrogens is 1. The number of aliphatic hydroxyl groups is 1. The fourth-order valence-electron chi connectivity index (χ4n) is 4.16. The fourth-order valence-corrected chi connectivity index (χ4v) is 4.75. The van der Waals surface area contributed by atoms with Gasteiger partial charge in [0.2, 0.25) is 0 Å². The van der Waals surface area contributed by atoms with Crippen LogP contribution in [0.2, 0.25) is 0 Å². The molecule has 0 radical (unpaired) electrons. The monoisotopic (exact) mass is 477 g/mol. The summed E-state index contributed by atoms with van der Waals surface area (Å²) >= 11 is 0. The molecule has 188 valence electrons. The lowest BCUT2D eigenvalue weighted by Gasteiger charge is -2.43. The van der Waals surface area contributed by atoms with Gasteiger partial charge < -0.3 is 14.3 Å². The van der Waals surface area contributed by atoms with Crippen LogP contribution in [-0.2, 0) is 19.6 Å². The molecule has 0 aliphatic carbocycles. The zero-order valence-corrected chi connectivity index (χ0v) is 21.0. The van der Waals surface area contributed by atoms with Gasteiger partial charge in [-0.3, -0.25) is 9.45 Å². The maximum absolute atomic E-state index is 11.3. The molecule has 2 N–H and O–H groups in total. The van der Waals surface area contributed by atoms with Crippen LogP contribution >= 0.6 is 0 Å². The van der Waals surface area contributed by atoms with Crippen LogP contribution in [0.4, 0.5) is 0 Å². The van der Waals surface area contributed by atoms with E-state index in [1.54, 1.807) is 6.92 Å². The summed E-state index contributed by atoms with van der Waals surface area (Å²) in [6.07, 6.45) is 9.65. The van der Waals surface area contributed by atoms with E-state index in [9.17, 15) is 18.3 Å². The van der Waals surface area contributed by atoms with E-state index in [1.165, 1.54) is 44.9 Å². The summed E-state index contributed by atoms with van der Waals surface area (Å²) in [5.41, 5.74) is 0.455. The Hall–Kier alpha value is -1.00. The van der Waals surface area contributed by atoms with Crippen LogP contribution in [-0.4, -0.2) is 98.2 Å². The lowest BCUT2D eigenvalue weighted by Crippen LogP contribution is -2.60. The topological polar surface area (TPSA) is 104 Å². The average molecular weight is 478 g/mol. The SMILES string of the molecule is C=C(C)C(=O)OCCCCCCCCCCCN1CC[N+](C)(CC(O)CS(=O)(=O)O)CC1. The fraction of sp³-hybridized carbons (Fsp3) is 0.870. The van der Waals surface area contributed by atoms with Crippen molar-refractivity contribution < 1.29 is 32.1 Å². The number of unbranched alkanes of at least 4 members (excludes halogenated alkanes) is 8. The van der Waals surface area contributed by atoms with Crippen LogP contribution in [0.25, 0.3) is 0 Å². The molecule has 1 heterocycles. The second kappa shape index (κ2) is 15.0. The number of nitrogens with zero attached hydrogens (tertiary/aromatic N) is 2. The van der Waals surface area contributed by atoms with E-state index < -0.39 is 22.0 Å². The first-order valence-electron chi connectivity index (χ1n) is 12.0. The van der Waals surface area contributed by atoms with Crippen molar-refractivity contribution in [2.45, 2.75) is 70.8 Å². The average Bonchev–Trinajstić information content (AvgIpc) is 2.68. The van der Waals surface area contributed by atoms with E-state index in [0.29, 0.717) is 23.2 Å². The van der Waals surface area contributed by atoms with Crippen molar-refractivity contribution in [2.24, 2.45) is 0 Å². The van der Waals surface area contributed by atoms with Crippen molar-refractivity contribution in [3.63, 3.8) is 0 Å². The molecule has 1 aliphatic heterocycles. The van der Waals surface area contributed by atoms with Gasteiger partial charge in [0.15, 0.2) is 0 Å². The minimum atomic E-state index is -4.14. The maximum atomic E-state index is 11.3. The van der Waals surface area contributed by atoms with E-state index in [0.717, 1.165) is 45.6 Å². The van der Waals surface area contributed by atoms with Gasteiger partial charge in [-0.1, -0.05) is 51.5 Å². The Bertz CT molecular complexity index is 659. The minimum Gasteiger partial charge on any atom is -0.462 e. The summed E-state index contributed by atoms with van der Waals surface area (Å²) in [5.74, 6) is -0.882. The quantitative estimate of drug-likeness (QED) is 0.109. The van der Waals surface area contributed by atoms with Crippen LogP contribution in [0.1, 0.15) is 64.7 Å². The summed E-state index contributed by atoms with van der Waals surface area (Å²) in [5, 5.41) is 9.93. The van der Waals surface area contributed by atoms with Gasteiger partial charge in [0.05, 0.1) is 26.7 Å². The molecule has 0 bridgehead atoms. The van der Waals surface area contributed by atoms with Gasteiger partial charge in [-0.2, -0.15) is 8.42 Å². The van der Waals surface area contributed by atoms with Crippen LogP contribution in [0, 0.1) is 0 Å². The number of esters is 1. The van der Waals surface area contributed by atoms with Crippen LogP contribution < -0.4 is 0 Å². The van der Waals surface area contributed by atoms with Crippen LogP contribution in [0.5, 0.6) is 0 Å². The Morgan fingerprint density at radius 3 is 2.03 bits per heavy atom. The minimum absolute atomic E-state index is 0.294. The molecule has 1 saturated heterocycles. The summed E-state index contributed by atoms with van der Waals surface area (Å²) in [7, 11) is -2.09. The Morgan fingerprint density at radius 2 is 1.53 bits per heavy atom. The Morgan fingerprint density at radius 1 is 1.03 bits per heavy atom. The van der Waals surface area contributed by atoms with Gasteiger partial charge in [-0.05, 0) is 26.3 Å². The summed E-state index contributed by atoms with van der Waals surface area (Å²) in [4.78, 5) is 13.7. The number of rotatable bonds is 17. The van der Waals surface area contributed by atoms with Crippen LogP contribution in [0.15, 0.2) is 12.2 Å². The number of carbonyl (C=O) groups excluding carboxylic acids is 1. The van der Waals surface area contributed by atoms with Gasteiger partial charge in [-0.25, -0.2) is 4.79 Å². The molecule has 1 rings (SSSR count). The van der Waals surface area contributed by atoms with Crippen molar-refractivity contribution in [1.82, 2.24) is 4.90 Å². The highest BCUT2D eigenvalue weighted by Gasteiger charge is 2.32. The zero-order chi connectivity index (χ0) is 24.0. The molecule has 0 saturated carbocycles. The number of hydrogen-bond acceptors (Lipinski definition) is 6. The second-order valence-electron chi connectivity index (χ2n) is 9.59. The van der Waals surface area contributed by atoms with Crippen molar-refractivity contribution >= 4 is 16.1 Å². The zero-order valence-electron chi connectivity index (χ0n) is 20.1. The molecule has 32 heavy (non-hydrogen) atoms. The predicted octanol–water partition coefficient (Wildman–Crippen LogP) is 2.63. The van der Waals surface area contributed by atoms with Gasteiger partial charge in [0.1, 0.15) is 18.4 Å². The molecule has 0 aromatic carbocycles. The van der Waals surface area contributed by atoms with Crippen LogP contribution in [0.3, 0.4) is 0 Å². The Balaban J connectivity index is 1.96. The Kier molecular flexibility index (Phi) is 13.6. The highest BCUT2D eigenvalue weighted by molar-refractivity contribution is 7.85. The van der Waals surface area contributed by atoms with Crippen molar-refractivity contribution in [3.8, 4) is 0 Å². The lowest BCUT2D eigenvalue weighted by molar-refractivity contribution is -0.916. The maximum Gasteiger partial charge on any atom is 0.333 e. The molecule has 1 aliphatic rings. The lowest BCUT2D eigenvalue weighted by atomic mass is 10.1. The van der Waals surface area contributed by atoms with E-state index >= 15 is 0 Å². The molecule has 0 aromatic rings. The normalized spacial score (nSPS) is 17.8. The van der Waals surface area contributed by atoms with E-state index in [2.05, 4.69) is 11.5 Å². The molecule has 9 heteroatoms.